The first-order valence-electron chi connectivity index (χ1n) is 37.0. The second kappa shape index (κ2) is 63.1. The van der Waals surface area contributed by atoms with Crippen molar-refractivity contribution < 1.29 is 80.2 Å². The van der Waals surface area contributed by atoms with Gasteiger partial charge in [0.05, 0.1) is 26.4 Å². The topological polar surface area (TPSA) is 237 Å². The van der Waals surface area contributed by atoms with Gasteiger partial charge in [0.15, 0.2) is 12.2 Å². The Kier molecular flexibility index (Phi) is 61.8. The molecule has 0 aliphatic carbocycles. The van der Waals surface area contributed by atoms with Crippen LogP contribution in [-0.4, -0.2) is 96.7 Å². The Morgan fingerprint density at radius 2 is 0.567 bits per heavy atom. The van der Waals surface area contributed by atoms with Crippen LogP contribution in [0.4, 0.5) is 0 Å². The molecular weight excluding hydrogens is 1190 g/mol. The molecule has 0 aliphatic rings. The summed E-state index contributed by atoms with van der Waals surface area (Å²) in [4.78, 5) is 72.6. The molecule has 0 rings (SSSR count). The van der Waals surface area contributed by atoms with E-state index in [-0.39, 0.29) is 25.7 Å². The van der Waals surface area contributed by atoms with E-state index in [1.165, 1.54) is 173 Å². The quantitative estimate of drug-likeness (QED) is 0.0222. The van der Waals surface area contributed by atoms with Crippen molar-refractivity contribution in [2.75, 3.05) is 39.6 Å². The minimum atomic E-state index is -4.95. The first kappa shape index (κ1) is 88.1. The van der Waals surface area contributed by atoms with Gasteiger partial charge in [-0.05, 0) is 37.5 Å². The fourth-order valence-corrected chi connectivity index (χ4v) is 12.3. The highest BCUT2D eigenvalue weighted by molar-refractivity contribution is 7.47. The van der Waals surface area contributed by atoms with Gasteiger partial charge < -0.3 is 33.8 Å². The lowest BCUT2D eigenvalue weighted by atomic mass is 9.99. The molecule has 0 saturated heterocycles. The molecule has 17 nitrogen and oxygen atoms in total. The molecule has 6 atom stereocenters. The van der Waals surface area contributed by atoms with Gasteiger partial charge in [-0.25, -0.2) is 9.13 Å². The van der Waals surface area contributed by atoms with Gasteiger partial charge in [-0.15, -0.1) is 0 Å². The predicted molar refractivity (Wildman–Crippen MR) is 363 cm³/mol. The third-order valence-electron chi connectivity index (χ3n) is 16.8. The fourth-order valence-electron chi connectivity index (χ4n) is 10.7. The molecule has 0 aliphatic heterocycles. The minimum absolute atomic E-state index is 0.107. The summed E-state index contributed by atoms with van der Waals surface area (Å²) >= 11 is 0. The van der Waals surface area contributed by atoms with E-state index in [2.05, 4.69) is 41.5 Å². The maximum Gasteiger partial charge on any atom is 0.472 e. The van der Waals surface area contributed by atoms with Crippen molar-refractivity contribution in [2.45, 2.75) is 381 Å². The summed E-state index contributed by atoms with van der Waals surface area (Å²) < 4.78 is 68.3. The van der Waals surface area contributed by atoms with Gasteiger partial charge in [-0.3, -0.25) is 37.3 Å². The molecule has 0 aromatic carbocycles. The summed E-state index contributed by atoms with van der Waals surface area (Å²) in [6, 6.07) is 0. The molecular formula is C71H138O17P2. The van der Waals surface area contributed by atoms with Crippen LogP contribution < -0.4 is 0 Å². The van der Waals surface area contributed by atoms with Crippen LogP contribution in [0.1, 0.15) is 363 Å². The number of carbonyl (C=O) groups excluding carboxylic acids is 4. The third kappa shape index (κ3) is 63.5. The Hall–Kier alpha value is -1.94. The van der Waals surface area contributed by atoms with Crippen LogP contribution in [-0.2, 0) is 65.4 Å². The van der Waals surface area contributed by atoms with Gasteiger partial charge in [-0.2, -0.15) is 0 Å². The number of rotatable bonds is 70. The molecule has 3 N–H and O–H groups in total. The SMILES string of the molecule is CCCCCCCCCCCCCCCC(=O)OC[C@H](COP(=O)(O)OC[C@@H](O)COP(=O)(O)OC[C@@H](COC(=O)CCCCCCCCCC(C)C)OC(=O)CCCCCCCCCCCCCCC)OC(=O)CCCCCCCCCCCCC(C)CC. The third-order valence-corrected chi connectivity index (χ3v) is 18.7. The first-order valence-corrected chi connectivity index (χ1v) is 40.0. The zero-order valence-corrected chi connectivity index (χ0v) is 60.2. The number of hydrogen-bond donors (Lipinski definition) is 3. The number of phosphoric acid groups is 2. The summed E-state index contributed by atoms with van der Waals surface area (Å²) in [7, 11) is -9.90. The fraction of sp³-hybridized carbons (Fsp3) is 0.944. The Morgan fingerprint density at radius 3 is 0.844 bits per heavy atom. The van der Waals surface area contributed by atoms with Crippen molar-refractivity contribution in [3.8, 4) is 0 Å². The van der Waals surface area contributed by atoms with Crippen molar-refractivity contribution in [1.29, 1.82) is 0 Å². The highest BCUT2D eigenvalue weighted by atomic mass is 31.2. The Bertz CT molecular complexity index is 1750. The zero-order chi connectivity index (χ0) is 66.5. The monoisotopic (exact) mass is 1320 g/mol. The molecule has 0 bridgehead atoms. The summed E-state index contributed by atoms with van der Waals surface area (Å²) in [5, 5.41) is 10.6. The van der Waals surface area contributed by atoms with Crippen LogP contribution in [0.3, 0.4) is 0 Å². The van der Waals surface area contributed by atoms with Crippen molar-refractivity contribution in [1.82, 2.24) is 0 Å². The number of esters is 4. The van der Waals surface area contributed by atoms with E-state index in [1.54, 1.807) is 0 Å². The van der Waals surface area contributed by atoms with Crippen molar-refractivity contribution >= 4 is 39.5 Å². The molecule has 0 fully saturated rings. The highest BCUT2D eigenvalue weighted by Crippen LogP contribution is 2.45. The second-order valence-corrected chi connectivity index (χ2v) is 29.3. The Labute approximate surface area is 549 Å². The van der Waals surface area contributed by atoms with Gasteiger partial charge in [-0.1, -0.05) is 311 Å². The summed E-state index contributed by atoms with van der Waals surface area (Å²) in [6.45, 7) is 9.53. The predicted octanol–water partition coefficient (Wildman–Crippen LogP) is 20.4. The molecule has 0 amide bonds. The van der Waals surface area contributed by atoms with Crippen molar-refractivity contribution in [2.24, 2.45) is 11.8 Å². The molecule has 0 saturated carbocycles. The molecule has 0 radical (unpaired) electrons. The van der Waals surface area contributed by atoms with E-state index in [4.69, 9.17) is 37.0 Å². The molecule has 0 aromatic heterocycles. The maximum atomic E-state index is 13.0. The highest BCUT2D eigenvalue weighted by Gasteiger charge is 2.30. The lowest BCUT2D eigenvalue weighted by Gasteiger charge is -2.21. The molecule has 19 heteroatoms. The Morgan fingerprint density at radius 1 is 0.322 bits per heavy atom. The van der Waals surface area contributed by atoms with E-state index in [0.29, 0.717) is 31.6 Å². The van der Waals surface area contributed by atoms with Crippen LogP contribution in [0.25, 0.3) is 0 Å². The molecule has 3 unspecified atom stereocenters. The van der Waals surface area contributed by atoms with Gasteiger partial charge in [0.2, 0.25) is 0 Å². The number of carbonyl (C=O) groups is 4. The van der Waals surface area contributed by atoms with E-state index < -0.39 is 97.5 Å². The average molecular weight is 1330 g/mol. The maximum absolute atomic E-state index is 13.0. The number of unbranched alkanes of at least 4 members (excludes halogenated alkanes) is 39. The van der Waals surface area contributed by atoms with Crippen LogP contribution in [0.5, 0.6) is 0 Å². The van der Waals surface area contributed by atoms with E-state index in [0.717, 1.165) is 102 Å². The average Bonchev–Trinajstić information content (AvgIpc) is 2.47. The van der Waals surface area contributed by atoms with Crippen LogP contribution >= 0.6 is 15.6 Å². The van der Waals surface area contributed by atoms with Gasteiger partial charge in [0, 0.05) is 25.7 Å². The number of aliphatic hydroxyl groups excluding tert-OH is 1. The van der Waals surface area contributed by atoms with Gasteiger partial charge in [0.25, 0.3) is 0 Å². The molecule has 0 heterocycles. The first-order chi connectivity index (χ1) is 43.4. The Balaban J connectivity index is 5.26. The molecule has 534 valence electrons. The van der Waals surface area contributed by atoms with Crippen LogP contribution in [0, 0.1) is 11.8 Å². The van der Waals surface area contributed by atoms with Crippen LogP contribution in [0.2, 0.25) is 0 Å². The number of aliphatic hydroxyl groups is 1. The van der Waals surface area contributed by atoms with Crippen LogP contribution in [0.15, 0.2) is 0 Å². The van der Waals surface area contributed by atoms with Gasteiger partial charge in [0.1, 0.15) is 19.3 Å². The lowest BCUT2D eigenvalue weighted by molar-refractivity contribution is -0.161. The van der Waals surface area contributed by atoms with E-state index in [1.807, 2.05) is 0 Å². The molecule has 0 spiro atoms. The summed E-state index contributed by atoms with van der Waals surface area (Å²) in [5.74, 6) is -0.613. The van der Waals surface area contributed by atoms with Crippen molar-refractivity contribution in [3.63, 3.8) is 0 Å². The van der Waals surface area contributed by atoms with E-state index in [9.17, 15) is 43.2 Å². The lowest BCUT2D eigenvalue weighted by Crippen LogP contribution is -2.30. The summed E-state index contributed by atoms with van der Waals surface area (Å²) in [5.41, 5.74) is 0. The number of hydrogen-bond acceptors (Lipinski definition) is 15. The summed E-state index contributed by atoms with van der Waals surface area (Å²) in [6.07, 6.45) is 48.4. The van der Waals surface area contributed by atoms with Gasteiger partial charge >= 0.3 is 39.5 Å². The number of phosphoric ester groups is 2. The standard InChI is InChI=1S/C71H138O17P2/c1-7-10-12-14-16-18-20-22-24-29-35-41-47-53-68(73)81-59-66(87-71(76)56-50-44-37-31-27-26-28-34-40-46-52-64(6)9-3)61-85-89(77,78)83-57-65(72)58-84-90(79,80)86-62-67(60-82-69(74)54-48-42-38-32-33-39-45-51-63(4)5)88-70(75)55-49-43-36-30-25-23-21-19-17-15-13-11-8-2/h63-67,72H,7-62H2,1-6H3,(H,77,78)(H,79,80)/t64?,65-,66-,67-/m1/s1. The number of ether oxygens (including phenoxy) is 4. The minimum Gasteiger partial charge on any atom is -0.462 e. The smallest absolute Gasteiger partial charge is 0.462 e. The zero-order valence-electron chi connectivity index (χ0n) is 58.4. The largest absolute Gasteiger partial charge is 0.472 e. The normalized spacial score (nSPS) is 14.4. The molecule has 90 heavy (non-hydrogen) atoms. The second-order valence-electron chi connectivity index (χ2n) is 26.3. The van der Waals surface area contributed by atoms with Crippen molar-refractivity contribution in [3.05, 3.63) is 0 Å². The van der Waals surface area contributed by atoms with E-state index >= 15 is 0 Å². The molecule has 0 aromatic rings.